The highest BCUT2D eigenvalue weighted by molar-refractivity contribution is 6.31. The van der Waals surface area contributed by atoms with E-state index in [1.807, 2.05) is 30.3 Å². The Kier molecular flexibility index (Phi) is 5.88. The van der Waals surface area contributed by atoms with E-state index in [0.717, 1.165) is 41.4 Å². The van der Waals surface area contributed by atoms with Crippen molar-refractivity contribution in [3.8, 4) is 6.07 Å². The maximum Gasteiger partial charge on any atom is 0.339 e. The Morgan fingerprint density at radius 1 is 1.29 bits per heavy atom. The second kappa shape index (κ2) is 8.75. The van der Waals surface area contributed by atoms with Gasteiger partial charge in [0.2, 0.25) is 0 Å². The van der Waals surface area contributed by atoms with Crippen molar-refractivity contribution in [2.45, 2.75) is 26.2 Å². The molecular formula is C24H20ClN3O3. The zero-order valence-electron chi connectivity index (χ0n) is 16.9. The first-order valence-corrected chi connectivity index (χ1v) is 10.4. The summed E-state index contributed by atoms with van der Waals surface area (Å²) in [7, 11) is 0. The number of ether oxygens (including phenoxy) is 1. The predicted molar refractivity (Wildman–Crippen MR) is 118 cm³/mol. The number of pyridine rings is 1. The van der Waals surface area contributed by atoms with Gasteiger partial charge in [-0.1, -0.05) is 36.7 Å². The number of nitriles is 1. The highest BCUT2D eigenvalue weighted by atomic mass is 35.5. The van der Waals surface area contributed by atoms with Crippen molar-refractivity contribution in [2.24, 2.45) is 5.92 Å². The lowest BCUT2D eigenvalue weighted by Gasteiger charge is -2.24. The number of anilines is 1. The van der Waals surface area contributed by atoms with Crippen molar-refractivity contribution in [2.75, 3.05) is 11.9 Å². The predicted octanol–water partition coefficient (Wildman–Crippen LogP) is 4.68. The van der Waals surface area contributed by atoms with E-state index in [-0.39, 0.29) is 11.3 Å². The van der Waals surface area contributed by atoms with Crippen LogP contribution in [0.5, 0.6) is 0 Å². The van der Waals surface area contributed by atoms with Crippen LogP contribution in [0.25, 0.3) is 10.9 Å². The first-order valence-electron chi connectivity index (χ1n) is 10.0. The summed E-state index contributed by atoms with van der Waals surface area (Å²) in [5.41, 5.74) is 3.60. The Labute approximate surface area is 184 Å². The van der Waals surface area contributed by atoms with Gasteiger partial charge in [-0.25, -0.2) is 4.79 Å². The molecule has 1 heterocycles. The first kappa shape index (κ1) is 20.8. The maximum atomic E-state index is 13.1. The number of rotatable bonds is 4. The van der Waals surface area contributed by atoms with Crippen LogP contribution < -0.4 is 5.32 Å². The number of carbonyl (C=O) groups is 2. The van der Waals surface area contributed by atoms with Crippen molar-refractivity contribution < 1.29 is 14.3 Å². The number of aryl methyl sites for hydroxylation is 1. The lowest BCUT2D eigenvalue weighted by atomic mass is 9.84. The van der Waals surface area contributed by atoms with Crippen molar-refractivity contribution >= 4 is 40.1 Å². The lowest BCUT2D eigenvalue weighted by Crippen LogP contribution is -2.24. The fourth-order valence-electron chi connectivity index (χ4n) is 3.90. The molecule has 0 saturated heterocycles. The number of aromatic nitrogens is 1. The number of hydrogen-bond acceptors (Lipinski definition) is 5. The summed E-state index contributed by atoms with van der Waals surface area (Å²) in [6.45, 7) is 1.68. The maximum absolute atomic E-state index is 13.1. The average Bonchev–Trinajstić information content (AvgIpc) is 2.76. The monoisotopic (exact) mass is 433 g/mol. The second-order valence-electron chi connectivity index (χ2n) is 7.70. The summed E-state index contributed by atoms with van der Waals surface area (Å²) >= 11 is 5.95. The van der Waals surface area contributed by atoms with Gasteiger partial charge >= 0.3 is 5.97 Å². The summed E-state index contributed by atoms with van der Waals surface area (Å²) in [5.74, 6) is -0.657. The molecule has 3 aromatic rings. The van der Waals surface area contributed by atoms with Crippen LogP contribution in [0.4, 0.5) is 5.69 Å². The van der Waals surface area contributed by atoms with Crippen LogP contribution in [-0.4, -0.2) is 23.5 Å². The fraction of sp³-hybridized carbons (Fsp3) is 0.250. The van der Waals surface area contributed by atoms with Crippen LogP contribution in [0.1, 0.15) is 40.5 Å². The zero-order chi connectivity index (χ0) is 22.0. The van der Waals surface area contributed by atoms with Crippen LogP contribution in [0, 0.1) is 17.2 Å². The molecule has 0 fully saturated rings. The molecule has 4 rings (SSSR count). The molecule has 1 aromatic heterocycles. The highest BCUT2D eigenvalue weighted by Crippen LogP contribution is 2.32. The third kappa shape index (κ3) is 4.37. The van der Waals surface area contributed by atoms with Crippen LogP contribution in [0.3, 0.4) is 0 Å². The number of carbonyl (C=O) groups excluding carboxylic acids is 2. The van der Waals surface area contributed by atoms with Crippen molar-refractivity contribution in [1.82, 2.24) is 4.98 Å². The summed E-state index contributed by atoms with van der Waals surface area (Å²) in [5, 5.41) is 12.9. The number of nitrogens with zero attached hydrogens (tertiary/aromatic N) is 2. The summed E-state index contributed by atoms with van der Waals surface area (Å²) in [6.07, 6.45) is 2.59. The van der Waals surface area contributed by atoms with Crippen LogP contribution in [0.2, 0.25) is 5.02 Å². The molecule has 1 aliphatic carbocycles. The normalized spacial score (nSPS) is 15.1. The molecule has 2 aromatic carbocycles. The Bertz CT molecular complexity index is 1230. The molecule has 31 heavy (non-hydrogen) atoms. The second-order valence-corrected chi connectivity index (χ2v) is 8.14. The minimum absolute atomic E-state index is 0.271. The van der Waals surface area contributed by atoms with Crippen LogP contribution >= 0.6 is 11.6 Å². The number of nitrogens with one attached hydrogen (secondary N) is 1. The van der Waals surface area contributed by atoms with Crippen LogP contribution in [-0.2, 0) is 22.4 Å². The van der Waals surface area contributed by atoms with Crippen LogP contribution in [0.15, 0.2) is 42.5 Å². The van der Waals surface area contributed by atoms with Crippen molar-refractivity contribution in [3.63, 3.8) is 0 Å². The van der Waals surface area contributed by atoms with Gasteiger partial charge in [0.05, 0.1) is 22.3 Å². The number of amides is 1. The van der Waals surface area contributed by atoms with Gasteiger partial charge < -0.3 is 10.1 Å². The Morgan fingerprint density at radius 2 is 2.10 bits per heavy atom. The van der Waals surface area contributed by atoms with Gasteiger partial charge in [0.15, 0.2) is 6.61 Å². The summed E-state index contributed by atoms with van der Waals surface area (Å²) < 4.78 is 5.38. The standard InChI is InChI=1S/C24H20ClN3O3/c1-14-6-9-20-18(10-14)23(17-4-2-3-5-19(17)27-20)24(30)31-13-22(29)28-21-11-16(25)8-7-15(21)12-26/h2-5,7-8,11,14H,6,9-10,13H2,1H3,(H,28,29). The largest absolute Gasteiger partial charge is 0.452 e. The number of benzene rings is 2. The molecule has 1 atom stereocenters. The van der Waals surface area contributed by atoms with E-state index in [0.29, 0.717) is 16.5 Å². The Hall–Kier alpha value is -3.43. The molecule has 156 valence electrons. The summed E-state index contributed by atoms with van der Waals surface area (Å²) in [6, 6.07) is 14.0. The first-order chi connectivity index (χ1) is 15.0. The molecule has 1 N–H and O–H groups in total. The number of fused-ring (bicyclic) bond motifs is 2. The van der Waals surface area contributed by atoms with Crippen molar-refractivity contribution in [1.29, 1.82) is 5.26 Å². The molecule has 1 amide bonds. The Balaban J connectivity index is 1.57. The fourth-order valence-corrected chi connectivity index (χ4v) is 4.07. The van der Waals surface area contributed by atoms with Gasteiger partial charge in [-0.15, -0.1) is 0 Å². The smallest absolute Gasteiger partial charge is 0.339 e. The number of esters is 1. The van der Waals surface area contributed by atoms with E-state index >= 15 is 0 Å². The molecule has 7 heteroatoms. The molecule has 0 aliphatic heterocycles. The zero-order valence-corrected chi connectivity index (χ0v) is 17.7. The molecule has 0 spiro atoms. The topological polar surface area (TPSA) is 92.1 Å². The van der Waals surface area contributed by atoms with Gasteiger partial charge in [0.1, 0.15) is 6.07 Å². The van der Waals surface area contributed by atoms with E-state index in [1.165, 1.54) is 12.1 Å². The quantitative estimate of drug-likeness (QED) is 0.603. The third-order valence-electron chi connectivity index (χ3n) is 5.42. The third-order valence-corrected chi connectivity index (χ3v) is 5.66. The van der Waals surface area contributed by atoms with E-state index in [2.05, 4.69) is 12.2 Å². The SMILES string of the molecule is CC1CCc2nc3ccccc3c(C(=O)OCC(=O)Nc3cc(Cl)ccc3C#N)c2C1. The van der Waals surface area contributed by atoms with E-state index in [4.69, 9.17) is 21.3 Å². The van der Waals surface area contributed by atoms with E-state index in [1.54, 1.807) is 6.07 Å². The molecule has 6 nitrogen and oxygen atoms in total. The number of para-hydroxylation sites is 1. The summed E-state index contributed by atoms with van der Waals surface area (Å²) in [4.78, 5) is 30.2. The van der Waals surface area contributed by atoms with Gasteiger partial charge in [-0.2, -0.15) is 5.26 Å². The average molecular weight is 434 g/mol. The van der Waals surface area contributed by atoms with Crippen molar-refractivity contribution in [3.05, 3.63) is 69.9 Å². The van der Waals surface area contributed by atoms with Gasteiger partial charge in [-0.3, -0.25) is 9.78 Å². The molecule has 0 bridgehead atoms. The molecule has 1 aliphatic rings. The minimum atomic E-state index is -0.550. The molecular weight excluding hydrogens is 414 g/mol. The number of halogens is 1. The minimum Gasteiger partial charge on any atom is -0.452 e. The van der Waals surface area contributed by atoms with Gasteiger partial charge in [0, 0.05) is 16.1 Å². The van der Waals surface area contributed by atoms with Gasteiger partial charge in [0.25, 0.3) is 5.91 Å². The lowest BCUT2D eigenvalue weighted by molar-refractivity contribution is -0.119. The molecule has 0 saturated carbocycles. The number of hydrogen-bond donors (Lipinski definition) is 1. The molecule has 1 unspecified atom stereocenters. The van der Waals surface area contributed by atoms with E-state index < -0.39 is 18.5 Å². The highest BCUT2D eigenvalue weighted by Gasteiger charge is 2.26. The van der Waals surface area contributed by atoms with Gasteiger partial charge in [-0.05, 0) is 55.0 Å². The van der Waals surface area contributed by atoms with E-state index in [9.17, 15) is 14.9 Å². The Morgan fingerprint density at radius 3 is 2.90 bits per heavy atom. The molecule has 0 radical (unpaired) electrons.